The standard InChI is InChI=1S/C28H25F2N5O2S/c1-27(2)19-9-10-28(27,26-18(19)11-22(34-35-26)25-20(29)5-4-6-21(25)30)24-14-31-13-23(33-24)16-7-8-17(32-12-16)15-38(3,36)37/h4-8,11-14,19H,9-10,15H2,1-3H3/t19-,28-/m0/s1. The average Bonchev–Trinajstić information content (AvgIpc) is 3.24. The van der Waals surface area contributed by atoms with E-state index in [1.165, 1.54) is 24.5 Å². The molecule has 38 heavy (non-hydrogen) atoms. The van der Waals surface area contributed by atoms with Gasteiger partial charge in [-0.15, -0.1) is 5.10 Å². The molecule has 2 bridgehead atoms. The van der Waals surface area contributed by atoms with Gasteiger partial charge in [0.05, 0.1) is 51.4 Å². The fraction of sp³-hybridized carbons (Fsp3) is 0.321. The summed E-state index contributed by atoms with van der Waals surface area (Å²) >= 11 is 0. The molecule has 0 N–H and O–H groups in total. The van der Waals surface area contributed by atoms with Crippen LogP contribution in [-0.4, -0.2) is 39.8 Å². The van der Waals surface area contributed by atoms with E-state index >= 15 is 0 Å². The summed E-state index contributed by atoms with van der Waals surface area (Å²) in [5, 5.41) is 8.85. The second-order valence-electron chi connectivity index (χ2n) is 10.7. The molecule has 1 fully saturated rings. The molecule has 2 atom stereocenters. The Hall–Kier alpha value is -3.66. The zero-order chi connectivity index (χ0) is 26.9. The Kier molecular flexibility index (Phi) is 5.47. The Labute approximate surface area is 219 Å². The number of hydrogen-bond acceptors (Lipinski definition) is 7. The Morgan fingerprint density at radius 3 is 2.45 bits per heavy atom. The maximum Gasteiger partial charge on any atom is 0.153 e. The van der Waals surface area contributed by atoms with Gasteiger partial charge in [-0.05, 0) is 60.1 Å². The molecule has 2 aliphatic carbocycles. The van der Waals surface area contributed by atoms with E-state index in [9.17, 15) is 17.2 Å². The minimum Gasteiger partial charge on any atom is -0.261 e. The molecule has 7 nitrogen and oxygen atoms in total. The second kappa shape index (κ2) is 8.42. The SMILES string of the molecule is CC1(C)[C@H]2CC[C@]1(c1cncc(-c3ccc(CS(C)(=O)=O)nc3)n1)c1nnc(-c3c(F)cccc3F)cc12. The predicted molar refractivity (Wildman–Crippen MR) is 138 cm³/mol. The van der Waals surface area contributed by atoms with Crippen LogP contribution in [0.4, 0.5) is 8.78 Å². The van der Waals surface area contributed by atoms with Gasteiger partial charge in [-0.2, -0.15) is 5.10 Å². The number of rotatable bonds is 5. The number of halogens is 2. The number of benzene rings is 1. The summed E-state index contributed by atoms with van der Waals surface area (Å²) < 4.78 is 52.2. The number of nitrogens with zero attached hydrogens (tertiary/aromatic N) is 5. The van der Waals surface area contributed by atoms with Crippen LogP contribution in [0.3, 0.4) is 0 Å². The first-order valence-electron chi connectivity index (χ1n) is 12.3. The van der Waals surface area contributed by atoms with E-state index in [-0.39, 0.29) is 28.3 Å². The van der Waals surface area contributed by atoms with Crippen molar-refractivity contribution in [2.45, 2.75) is 43.8 Å². The molecular weight excluding hydrogens is 508 g/mol. The molecule has 4 aromatic rings. The van der Waals surface area contributed by atoms with Crippen LogP contribution >= 0.6 is 0 Å². The molecule has 1 aromatic carbocycles. The van der Waals surface area contributed by atoms with E-state index in [4.69, 9.17) is 4.98 Å². The number of hydrogen-bond donors (Lipinski definition) is 0. The quantitative estimate of drug-likeness (QED) is 0.355. The molecule has 0 unspecified atom stereocenters. The van der Waals surface area contributed by atoms with Crippen molar-refractivity contribution in [2.24, 2.45) is 5.41 Å². The summed E-state index contributed by atoms with van der Waals surface area (Å²) in [7, 11) is -3.19. The molecule has 6 rings (SSSR count). The van der Waals surface area contributed by atoms with Crippen LogP contribution in [0.15, 0.2) is 55.0 Å². The highest BCUT2D eigenvalue weighted by Crippen LogP contribution is 2.69. The van der Waals surface area contributed by atoms with E-state index in [2.05, 4.69) is 34.0 Å². The summed E-state index contributed by atoms with van der Waals surface area (Å²) in [5.41, 5.74) is 3.39. The van der Waals surface area contributed by atoms with Gasteiger partial charge in [-0.25, -0.2) is 22.2 Å². The molecule has 0 aliphatic heterocycles. The van der Waals surface area contributed by atoms with Crippen LogP contribution in [0.25, 0.3) is 22.5 Å². The van der Waals surface area contributed by atoms with Crippen molar-refractivity contribution in [3.63, 3.8) is 0 Å². The second-order valence-corrected chi connectivity index (χ2v) is 12.9. The van der Waals surface area contributed by atoms with Crippen molar-refractivity contribution in [3.8, 4) is 22.5 Å². The van der Waals surface area contributed by atoms with Gasteiger partial charge in [0.2, 0.25) is 0 Å². The van der Waals surface area contributed by atoms with E-state index in [1.54, 1.807) is 36.8 Å². The first-order chi connectivity index (χ1) is 18.0. The lowest BCUT2D eigenvalue weighted by Gasteiger charge is -2.37. The Bertz CT molecular complexity index is 1670. The molecule has 3 heterocycles. The number of aromatic nitrogens is 5. The lowest BCUT2D eigenvalue weighted by Crippen LogP contribution is -2.38. The molecule has 3 aromatic heterocycles. The molecular formula is C28H25F2N5O2S. The van der Waals surface area contributed by atoms with E-state index in [0.717, 1.165) is 35.4 Å². The fourth-order valence-electron chi connectivity index (χ4n) is 6.40. The molecule has 0 saturated heterocycles. The maximum atomic E-state index is 14.5. The molecule has 0 radical (unpaired) electrons. The molecule has 2 aliphatic rings. The third-order valence-corrected chi connectivity index (χ3v) is 9.02. The van der Waals surface area contributed by atoms with E-state index in [1.807, 2.05) is 0 Å². The van der Waals surface area contributed by atoms with Crippen LogP contribution < -0.4 is 0 Å². The fourth-order valence-corrected chi connectivity index (χ4v) is 7.11. The topological polar surface area (TPSA) is 98.6 Å². The molecule has 10 heteroatoms. The summed E-state index contributed by atoms with van der Waals surface area (Å²) in [4.78, 5) is 13.8. The average molecular weight is 534 g/mol. The van der Waals surface area contributed by atoms with Gasteiger partial charge in [0.15, 0.2) is 9.84 Å². The lowest BCUT2D eigenvalue weighted by molar-refractivity contribution is 0.242. The van der Waals surface area contributed by atoms with Crippen molar-refractivity contribution in [1.82, 2.24) is 25.1 Å². The molecule has 0 spiro atoms. The van der Waals surface area contributed by atoms with Gasteiger partial charge in [0, 0.05) is 24.2 Å². The van der Waals surface area contributed by atoms with Gasteiger partial charge < -0.3 is 0 Å². The summed E-state index contributed by atoms with van der Waals surface area (Å²) in [6.07, 6.45) is 7.85. The number of fused-ring (bicyclic) bond motifs is 5. The molecule has 1 saturated carbocycles. The minimum absolute atomic E-state index is 0.115. The van der Waals surface area contributed by atoms with E-state index in [0.29, 0.717) is 11.4 Å². The highest BCUT2D eigenvalue weighted by atomic mass is 32.2. The van der Waals surface area contributed by atoms with Crippen molar-refractivity contribution in [3.05, 3.63) is 89.3 Å². The van der Waals surface area contributed by atoms with Crippen LogP contribution in [0.1, 0.15) is 55.3 Å². The van der Waals surface area contributed by atoms with Gasteiger partial charge in [0.25, 0.3) is 0 Å². The first kappa shape index (κ1) is 24.7. The third-order valence-electron chi connectivity index (χ3n) is 8.20. The number of sulfone groups is 1. The monoisotopic (exact) mass is 533 g/mol. The maximum absolute atomic E-state index is 14.5. The lowest BCUT2D eigenvalue weighted by atomic mass is 9.66. The first-order valence-corrected chi connectivity index (χ1v) is 14.4. The van der Waals surface area contributed by atoms with Crippen molar-refractivity contribution in [2.75, 3.05) is 6.26 Å². The van der Waals surface area contributed by atoms with Crippen molar-refractivity contribution >= 4 is 9.84 Å². The predicted octanol–water partition coefficient (Wildman–Crippen LogP) is 5.02. The Morgan fingerprint density at radius 2 is 1.76 bits per heavy atom. The van der Waals surface area contributed by atoms with Crippen LogP contribution in [-0.2, 0) is 21.0 Å². The van der Waals surface area contributed by atoms with Gasteiger partial charge in [-0.1, -0.05) is 19.9 Å². The molecule has 0 amide bonds. The van der Waals surface area contributed by atoms with Crippen LogP contribution in [0.2, 0.25) is 0 Å². The van der Waals surface area contributed by atoms with Gasteiger partial charge >= 0.3 is 0 Å². The number of pyridine rings is 1. The highest BCUT2D eigenvalue weighted by Gasteiger charge is 2.65. The third kappa shape index (κ3) is 3.65. The zero-order valence-electron chi connectivity index (χ0n) is 21.1. The zero-order valence-corrected chi connectivity index (χ0v) is 21.9. The summed E-state index contributed by atoms with van der Waals surface area (Å²) in [6, 6.07) is 9.01. The van der Waals surface area contributed by atoms with E-state index < -0.39 is 26.9 Å². The molecule has 194 valence electrons. The van der Waals surface area contributed by atoms with Crippen LogP contribution in [0, 0.1) is 17.0 Å². The summed E-state index contributed by atoms with van der Waals surface area (Å²) in [5.74, 6) is -1.37. The van der Waals surface area contributed by atoms with Gasteiger partial charge in [-0.3, -0.25) is 9.97 Å². The normalized spacial score (nSPS) is 21.4. The summed E-state index contributed by atoms with van der Waals surface area (Å²) in [6.45, 7) is 4.34. The Balaban J connectivity index is 1.43. The van der Waals surface area contributed by atoms with Crippen molar-refractivity contribution < 1.29 is 17.2 Å². The minimum atomic E-state index is -3.19. The largest absolute Gasteiger partial charge is 0.261 e. The van der Waals surface area contributed by atoms with Crippen LogP contribution in [0.5, 0.6) is 0 Å². The van der Waals surface area contributed by atoms with Gasteiger partial charge in [0.1, 0.15) is 11.6 Å². The Morgan fingerprint density at radius 1 is 1.00 bits per heavy atom. The smallest absolute Gasteiger partial charge is 0.153 e. The highest BCUT2D eigenvalue weighted by molar-refractivity contribution is 7.89. The van der Waals surface area contributed by atoms with Crippen molar-refractivity contribution in [1.29, 1.82) is 0 Å².